The maximum Gasteiger partial charge on any atom is 0.408 e. The van der Waals surface area contributed by atoms with E-state index in [1.54, 1.807) is 12.1 Å². The molecule has 15 heavy (non-hydrogen) atoms. The molecule has 1 heterocycles. The first-order valence-corrected chi connectivity index (χ1v) is 4.91. The molecule has 0 aliphatic carbocycles. The maximum absolute atomic E-state index is 12.6. The van der Waals surface area contributed by atoms with E-state index in [0.717, 1.165) is 11.3 Å². The first-order valence-electron chi connectivity index (χ1n) is 4.91. The Morgan fingerprint density at radius 3 is 2.60 bits per heavy atom. The second kappa shape index (κ2) is 3.43. The predicted molar refractivity (Wildman–Crippen MR) is 53.0 cm³/mol. The summed E-state index contributed by atoms with van der Waals surface area (Å²) in [6.45, 7) is 1.67. The van der Waals surface area contributed by atoms with Crippen LogP contribution in [0.5, 0.6) is 0 Å². The van der Waals surface area contributed by atoms with Gasteiger partial charge in [-0.25, -0.2) is 0 Å². The summed E-state index contributed by atoms with van der Waals surface area (Å²) in [5, 5.41) is 0. The summed E-state index contributed by atoms with van der Waals surface area (Å²) in [5.41, 5.74) is 1.73. The average Bonchev–Trinajstić information content (AvgIpc) is 2.58. The van der Waals surface area contributed by atoms with Gasteiger partial charge in [0.25, 0.3) is 0 Å². The molecule has 4 heteroatoms. The van der Waals surface area contributed by atoms with E-state index in [1.807, 2.05) is 12.1 Å². The second-order valence-electron chi connectivity index (χ2n) is 3.79. The fraction of sp³-hybridized carbons (Fsp3) is 0.455. The zero-order valence-electron chi connectivity index (χ0n) is 8.38. The molecule has 1 unspecified atom stereocenters. The summed E-state index contributed by atoms with van der Waals surface area (Å²) in [6.07, 6.45) is -3.45. The molecule has 0 aromatic heterocycles. The Bertz CT molecular complexity index is 359. The summed E-state index contributed by atoms with van der Waals surface area (Å²) in [6, 6.07) is 5.88. The van der Waals surface area contributed by atoms with Crippen LogP contribution in [0.4, 0.5) is 18.9 Å². The van der Waals surface area contributed by atoms with Crippen LogP contribution in [-0.2, 0) is 6.42 Å². The van der Waals surface area contributed by atoms with Gasteiger partial charge in [-0.1, -0.05) is 18.2 Å². The number of hydrogen-bond donors (Lipinski definition) is 0. The molecular weight excluding hydrogens is 203 g/mol. The first kappa shape index (κ1) is 10.3. The van der Waals surface area contributed by atoms with Crippen LogP contribution in [0, 0.1) is 0 Å². The molecule has 0 radical (unpaired) electrons. The van der Waals surface area contributed by atoms with Gasteiger partial charge in [0, 0.05) is 12.2 Å². The molecule has 0 N–H and O–H groups in total. The van der Waals surface area contributed by atoms with Gasteiger partial charge in [0.15, 0.2) is 0 Å². The van der Waals surface area contributed by atoms with E-state index in [2.05, 4.69) is 0 Å². The second-order valence-corrected chi connectivity index (χ2v) is 3.79. The number of nitrogens with zero attached hydrogens (tertiary/aromatic N) is 1. The van der Waals surface area contributed by atoms with E-state index in [1.165, 1.54) is 11.8 Å². The molecule has 1 atom stereocenters. The van der Waals surface area contributed by atoms with Crippen LogP contribution in [0.1, 0.15) is 12.5 Å². The minimum absolute atomic E-state index is 0.458. The number of hydrogen-bond acceptors (Lipinski definition) is 1. The molecule has 0 spiro atoms. The molecule has 0 saturated carbocycles. The Morgan fingerprint density at radius 2 is 1.93 bits per heavy atom. The van der Waals surface area contributed by atoms with Crippen molar-refractivity contribution >= 4 is 5.69 Å². The van der Waals surface area contributed by atoms with Crippen molar-refractivity contribution in [3.63, 3.8) is 0 Å². The highest BCUT2D eigenvalue weighted by Gasteiger charge is 2.41. The standard InChI is InChI=1S/C11H12F3N/c1-8(11(12,13)14)15-7-6-9-4-2-3-5-10(9)15/h2-5,8H,6-7H2,1H3. The highest BCUT2D eigenvalue weighted by molar-refractivity contribution is 5.58. The molecule has 0 amide bonds. The Labute approximate surface area is 86.5 Å². The Kier molecular flexibility index (Phi) is 2.37. The minimum Gasteiger partial charge on any atom is -0.359 e. The molecule has 82 valence electrons. The highest BCUT2D eigenvalue weighted by atomic mass is 19.4. The summed E-state index contributed by atoms with van der Waals surface area (Å²) < 4.78 is 37.7. The van der Waals surface area contributed by atoms with Gasteiger partial charge < -0.3 is 4.90 Å². The average molecular weight is 215 g/mol. The number of halogens is 3. The summed E-state index contributed by atoms with van der Waals surface area (Å²) in [5.74, 6) is 0. The Hall–Kier alpha value is -1.19. The van der Waals surface area contributed by atoms with Crippen molar-refractivity contribution in [2.45, 2.75) is 25.6 Å². The van der Waals surface area contributed by atoms with E-state index >= 15 is 0 Å². The third-order valence-electron chi connectivity index (χ3n) is 2.86. The molecule has 1 nitrogen and oxygen atoms in total. The monoisotopic (exact) mass is 215 g/mol. The van der Waals surface area contributed by atoms with Crippen LogP contribution in [0.3, 0.4) is 0 Å². The molecule has 2 rings (SSSR count). The van der Waals surface area contributed by atoms with Crippen molar-refractivity contribution in [3.8, 4) is 0 Å². The van der Waals surface area contributed by atoms with E-state index < -0.39 is 12.2 Å². The topological polar surface area (TPSA) is 3.24 Å². The number of anilines is 1. The largest absolute Gasteiger partial charge is 0.408 e. The van der Waals surface area contributed by atoms with Gasteiger partial charge >= 0.3 is 6.18 Å². The van der Waals surface area contributed by atoms with Gasteiger partial charge in [-0.15, -0.1) is 0 Å². The SMILES string of the molecule is CC(N1CCc2ccccc21)C(F)(F)F. The van der Waals surface area contributed by atoms with Gasteiger partial charge in [-0.2, -0.15) is 13.2 Å². The fourth-order valence-corrected chi connectivity index (χ4v) is 1.94. The van der Waals surface area contributed by atoms with Gasteiger partial charge in [0.1, 0.15) is 6.04 Å². The van der Waals surface area contributed by atoms with Crippen molar-refractivity contribution in [2.75, 3.05) is 11.4 Å². The normalized spacial score (nSPS) is 17.7. The highest BCUT2D eigenvalue weighted by Crippen LogP contribution is 2.34. The molecule has 1 aliphatic heterocycles. The Balaban J connectivity index is 2.28. The van der Waals surface area contributed by atoms with Crippen LogP contribution in [0.15, 0.2) is 24.3 Å². The number of rotatable bonds is 1. The summed E-state index contributed by atoms with van der Waals surface area (Å²) >= 11 is 0. The van der Waals surface area contributed by atoms with Gasteiger partial charge in [0.2, 0.25) is 0 Å². The van der Waals surface area contributed by atoms with Crippen LogP contribution in [-0.4, -0.2) is 18.8 Å². The molecule has 0 saturated heterocycles. The zero-order valence-corrected chi connectivity index (χ0v) is 8.38. The molecular formula is C11H12F3N. The number of fused-ring (bicyclic) bond motifs is 1. The van der Waals surface area contributed by atoms with E-state index in [-0.39, 0.29) is 0 Å². The van der Waals surface area contributed by atoms with Crippen molar-refractivity contribution in [2.24, 2.45) is 0 Å². The van der Waals surface area contributed by atoms with Crippen molar-refractivity contribution in [3.05, 3.63) is 29.8 Å². The summed E-state index contributed by atoms with van der Waals surface area (Å²) in [7, 11) is 0. The van der Waals surface area contributed by atoms with Gasteiger partial charge in [0.05, 0.1) is 0 Å². The zero-order chi connectivity index (χ0) is 11.1. The van der Waals surface area contributed by atoms with Crippen molar-refractivity contribution in [1.29, 1.82) is 0 Å². The number of benzene rings is 1. The van der Waals surface area contributed by atoms with Crippen molar-refractivity contribution in [1.82, 2.24) is 0 Å². The van der Waals surface area contributed by atoms with Crippen LogP contribution in [0.25, 0.3) is 0 Å². The Morgan fingerprint density at radius 1 is 1.27 bits per heavy atom. The predicted octanol–water partition coefficient (Wildman–Crippen LogP) is 3.00. The van der Waals surface area contributed by atoms with Crippen molar-refractivity contribution < 1.29 is 13.2 Å². The minimum atomic E-state index is -4.16. The lowest BCUT2D eigenvalue weighted by molar-refractivity contribution is -0.144. The fourth-order valence-electron chi connectivity index (χ4n) is 1.94. The quantitative estimate of drug-likeness (QED) is 0.696. The lowest BCUT2D eigenvalue weighted by atomic mass is 10.2. The lowest BCUT2D eigenvalue weighted by Gasteiger charge is -2.28. The van der Waals surface area contributed by atoms with Crippen LogP contribution < -0.4 is 4.90 Å². The third kappa shape index (κ3) is 1.80. The van der Waals surface area contributed by atoms with Gasteiger partial charge in [-0.3, -0.25) is 0 Å². The van der Waals surface area contributed by atoms with E-state index in [9.17, 15) is 13.2 Å². The van der Waals surface area contributed by atoms with Gasteiger partial charge in [-0.05, 0) is 25.0 Å². The van der Waals surface area contributed by atoms with E-state index in [4.69, 9.17) is 0 Å². The number of para-hydroxylation sites is 1. The molecule has 1 aromatic rings. The molecule has 1 aliphatic rings. The van der Waals surface area contributed by atoms with Crippen LogP contribution >= 0.6 is 0 Å². The first-order chi connectivity index (χ1) is 7.00. The van der Waals surface area contributed by atoms with E-state index in [0.29, 0.717) is 13.0 Å². The van der Waals surface area contributed by atoms with Crippen LogP contribution in [0.2, 0.25) is 0 Å². The summed E-state index contributed by atoms with van der Waals surface area (Å²) in [4.78, 5) is 1.43. The number of alkyl halides is 3. The lowest BCUT2D eigenvalue weighted by Crippen LogP contribution is -2.42. The smallest absolute Gasteiger partial charge is 0.359 e. The molecule has 0 bridgehead atoms. The maximum atomic E-state index is 12.6. The molecule has 1 aromatic carbocycles. The third-order valence-corrected chi connectivity index (χ3v) is 2.86. The molecule has 0 fully saturated rings.